The molecular weight excluding hydrogens is 440 g/mol. The smallest absolute Gasteiger partial charge is 0.252 e. The highest BCUT2D eigenvalue weighted by Gasteiger charge is 2.14. The van der Waals surface area contributed by atoms with Crippen LogP contribution >= 0.6 is 23.2 Å². The highest BCUT2D eigenvalue weighted by atomic mass is 35.5. The average molecular weight is 456 g/mol. The summed E-state index contributed by atoms with van der Waals surface area (Å²) in [5.74, 6) is 0.0961. The Labute approximate surface area is 187 Å². The first-order valence-electron chi connectivity index (χ1n) is 9.20. The van der Waals surface area contributed by atoms with Gasteiger partial charge in [-0.25, -0.2) is 14.4 Å². The zero-order valence-corrected chi connectivity index (χ0v) is 17.7. The van der Waals surface area contributed by atoms with E-state index in [4.69, 9.17) is 23.2 Å². The van der Waals surface area contributed by atoms with Gasteiger partial charge < -0.3 is 16.0 Å². The molecule has 0 saturated carbocycles. The van der Waals surface area contributed by atoms with Crippen molar-refractivity contribution in [1.82, 2.24) is 15.3 Å². The number of carbonyl (C=O) groups is 1. The molecule has 0 spiro atoms. The number of nitrogens with zero attached hydrogens (tertiary/aromatic N) is 2. The molecule has 2 aromatic heterocycles. The van der Waals surface area contributed by atoms with Gasteiger partial charge in [-0.3, -0.25) is 4.79 Å². The fourth-order valence-corrected chi connectivity index (χ4v) is 3.45. The van der Waals surface area contributed by atoms with E-state index in [0.29, 0.717) is 38.6 Å². The number of fused-ring (bicyclic) bond motifs is 1. The third-order valence-corrected chi connectivity index (χ3v) is 5.22. The molecule has 6 nitrogen and oxygen atoms in total. The fraction of sp³-hybridized carbons (Fsp3) is 0.0455. The molecule has 0 fully saturated rings. The number of hydrogen-bond acceptors (Lipinski definition) is 5. The Morgan fingerprint density at radius 3 is 2.52 bits per heavy atom. The molecule has 0 aliphatic heterocycles. The Hall–Kier alpha value is -3.42. The SMILES string of the molecule is CNC(=O)c1cnc(Nc2cc(F)ccc2Cl)c(Nc2nccc3c(Cl)cccc23)c1. The molecule has 0 atom stereocenters. The largest absolute Gasteiger partial charge is 0.355 e. The molecular formula is C22H16Cl2FN5O. The van der Waals surface area contributed by atoms with Crippen molar-refractivity contribution in [2.75, 3.05) is 17.7 Å². The van der Waals surface area contributed by atoms with Gasteiger partial charge in [0.2, 0.25) is 0 Å². The van der Waals surface area contributed by atoms with E-state index < -0.39 is 5.82 Å². The van der Waals surface area contributed by atoms with Crippen LogP contribution in [0.25, 0.3) is 10.8 Å². The zero-order valence-electron chi connectivity index (χ0n) is 16.2. The lowest BCUT2D eigenvalue weighted by Gasteiger charge is -2.16. The van der Waals surface area contributed by atoms with Crippen molar-refractivity contribution < 1.29 is 9.18 Å². The van der Waals surface area contributed by atoms with E-state index >= 15 is 0 Å². The van der Waals surface area contributed by atoms with Gasteiger partial charge in [0.05, 0.1) is 22.0 Å². The van der Waals surface area contributed by atoms with E-state index in [9.17, 15) is 9.18 Å². The molecule has 1 amide bonds. The van der Waals surface area contributed by atoms with Gasteiger partial charge in [-0.05, 0) is 36.4 Å². The summed E-state index contributed by atoms with van der Waals surface area (Å²) in [4.78, 5) is 20.9. The summed E-state index contributed by atoms with van der Waals surface area (Å²) in [5, 5.41) is 11.3. The van der Waals surface area contributed by atoms with Gasteiger partial charge in [-0.15, -0.1) is 0 Å². The number of amides is 1. The first-order valence-corrected chi connectivity index (χ1v) is 9.96. The van der Waals surface area contributed by atoms with E-state index in [1.165, 1.54) is 31.4 Å². The van der Waals surface area contributed by atoms with E-state index in [1.807, 2.05) is 18.2 Å². The number of carbonyl (C=O) groups excluding carboxylic acids is 1. The van der Waals surface area contributed by atoms with Gasteiger partial charge in [0.1, 0.15) is 11.6 Å². The molecule has 0 unspecified atom stereocenters. The predicted molar refractivity (Wildman–Crippen MR) is 122 cm³/mol. The molecule has 0 aliphatic carbocycles. The van der Waals surface area contributed by atoms with Crippen LogP contribution in [0.3, 0.4) is 0 Å². The normalized spacial score (nSPS) is 10.7. The number of rotatable bonds is 5. The van der Waals surface area contributed by atoms with Crippen molar-refractivity contribution >= 4 is 62.9 Å². The van der Waals surface area contributed by atoms with Crippen LogP contribution in [0.5, 0.6) is 0 Å². The van der Waals surface area contributed by atoms with Crippen molar-refractivity contribution in [2.24, 2.45) is 0 Å². The molecule has 31 heavy (non-hydrogen) atoms. The van der Waals surface area contributed by atoms with Crippen LogP contribution in [0.2, 0.25) is 10.0 Å². The minimum Gasteiger partial charge on any atom is -0.355 e. The maximum atomic E-state index is 13.7. The lowest BCUT2D eigenvalue weighted by atomic mass is 10.1. The number of pyridine rings is 2. The molecule has 0 radical (unpaired) electrons. The minimum absolute atomic E-state index is 0.306. The minimum atomic E-state index is -0.450. The molecule has 156 valence electrons. The van der Waals surface area contributed by atoms with Crippen LogP contribution in [0.1, 0.15) is 10.4 Å². The highest BCUT2D eigenvalue weighted by Crippen LogP contribution is 2.33. The third kappa shape index (κ3) is 4.38. The maximum absolute atomic E-state index is 13.7. The number of halogens is 3. The molecule has 4 rings (SSSR count). The number of nitrogens with one attached hydrogen (secondary N) is 3. The number of hydrogen-bond donors (Lipinski definition) is 3. The second kappa shape index (κ2) is 8.75. The molecule has 3 N–H and O–H groups in total. The first kappa shape index (κ1) is 20.8. The summed E-state index contributed by atoms with van der Waals surface area (Å²) >= 11 is 12.5. The van der Waals surface area contributed by atoms with Gasteiger partial charge in [-0.1, -0.05) is 35.3 Å². The van der Waals surface area contributed by atoms with Gasteiger partial charge in [0.25, 0.3) is 5.91 Å². The first-order chi connectivity index (χ1) is 15.0. The summed E-state index contributed by atoms with van der Waals surface area (Å²) in [6, 6.07) is 12.9. The van der Waals surface area contributed by atoms with Crippen molar-refractivity contribution in [2.45, 2.75) is 0 Å². The molecule has 9 heteroatoms. The standard InChI is InChI=1S/C22H16Cl2FN5O/c1-26-22(31)12-9-19(21(28-11-12)29-18-10-13(25)5-6-17(18)24)30-20-15-3-2-4-16(23)14(15)7-8-27-20/h2-11H,1H3,(H,26,31)(H,27,30)(H,28,29). The van der Waals surface area contributed by atoms with E-state index in [2.05, 4.69) is 25.9 Å². The van der Waals surface area contributed by atoms with Gasteiger partial charge in [0.15, 0.2) is 5.82 Å². The van der Waals surface area contributed by atoms with Crippen LogP contribution in [0.4, 0.5) is 27.4 Å². The number of benzene rings is 2. The summed E-state index contributed by atoms with van der Waals surface area (Å²) in [6.45, 7) is 0. The maximum Gasteiger partial charge on any atom is 0.252 e. The molecule has 0 bridgehead atoms. The van der Waals surface area contributed by atoms with Gasteiger partial charge in [0, 0.05) is 35.2 Å². The highest BCUT2D eigenvalue weighted by molar-refractivity contribution is 6.35. The lowest BCUT2D eigenvalue weighted by molar-refractivity contribution is 0.0963. The van der Waals surface area contributed by atoms with E-state index in [1.54, 1.807) is 18.3 Å². The number of anilines is 4. The Morgan fingerprint density at radius 1 is 0.903 bits per heavy atom. The van der Waals surface area contributed by atoms with E-state index in [-0.39, 0.29) is 5.91 Å². The summed E-state index contributed by atoms with van der Waals surface area (Å²) < 4.78 is 13.7. The third-order valence-electron chi connectivity index (χ3n) is 4.56. The van der Waals surface area contributed by atoms with Crippen molar-refractivity contribution in [3.05, 3.63) is 82.4 Å². The van der Waals surface area contributed by atoms with Gasteiger partial charge in [-0.2, -0.15) is 0 Å². The monoisotopic (exact) mass is 455 g/mol. The zero-order chi connectivity index (χ0) is 22.0. The van der Waals surface area contributed by atoms with Crippen molar-refractivity contribution in [3.63, 3.8) is 0 Å². The predicted octanol–water partition coefficient (Wildman–Crippen LogP) is 5.92. The van der Waals surface area contributed by atoms with E-state index in [0.717, 1.165) is 10.8 Å². The fourth-order valence-electron chi connectivity index (χ4n) is 3.04. The average Bonchev–Trinajstić information content (AvgIpc) is 2.77. The quantitative estimate of drug-likeness (QED) is 0.347. The molecule has 0 saturated heterocycles. The summed E-state index contributed by atoms with van der Waals surface area (Å²) in [6.07, 6.45) is 3.04. The van der Waals surface area contributed by atoms with Crippen molar-refractivity contribution in [1.29, 1.82) is 0 Å². The lowest BCUT2D eigenvalue weighted by Crippen LogP contribution is -2.18. The molecule has 0 aliphatic rings. The molecule has 2 heterocycles. The van der Waals surface area contributed by atoms with Crippen LogP contribution in [0.15, 0.2) is 60.9 Å². The topological polar surface area (TPSA) is 78.9 Å². The van der Waals surface area contributed by atoms with Crippen molar-refractivity contribution in [3.8, 4) is 0 Å². The van der Waals surface area contributed by atoms with Gasteiger partial charge >= 0.3 is 0 Å². The second-order valence-electron chi connectivity index (χ2n) is 6.57. The summed E-state index contributed by atoms with van der Waals surface area (Å²) in [7, 11) is 1.53. The Bertz CT molecular complexity index is 1300. The summed E-state index contributed by atoms with van der Waals surface area (Å²) in [5.41, 5.74) is 1.11. The second-order valence-corrected chi connectivity index (χ2v) is 7.38. The van der Waals surface area contributed by atoms with Crippen LogP contribution in [-0.2, 0) is 0 Å². The Balaban J connectivity index is 1.80. The Kier molecular flexibility index (Phi) is 5.88. The molecule has 4 aromatic rings. The van der Waals surface area contributed by atoms with Crippen LogP contribution in [-0.4, -0.2) is 22.9 Å². The molecule has 2 aromatic carbocycles. The Morgan fingerprint density at radius 2 is 1.71 bits per heavy atom. The number of aromatic nitrogens is 2. The van der Waals surface area contributed by atoms with Crippen LogP contribution < -0.4 is 16.0 Å². The van der Waals surface area contributed by atoms with Crippen LogP contribution in [0, 0.1) is 5.82 Å².